The predicted octanol–water partition coefficient (Wildman–Crippen LogP) is 3.15. The molecular weight excluding hydrogens is 431 g/mol. The molecule has 3 heterocycles. The number of nitrogens with one attached hydrogen (secondary N) is 1. The van der Waals surface area contributed by atoms with Gasteiger partial charge in [0.15, 0.2) is 5.15 Å². The molecule has 0 saturated carbocycles. The average molecular weight is 453 g/mol. The van der Waals surface area contributed by atoms with Crippen LogP contribution in [0.5, 0.6) is 0 Å². The molecule has 3 rings (SSSR count). The molecular formula is C19H22Cl2N6O3. The zero-order valence-electron chi connectivity index (χ0n) is 16.6. The molecule has 1 fully saturated rings. The second-order valence-corrected chi connectivity index (χ2v) is 8.11. The number of aromatic nitrogens is 3. The summed E-state index contributed by atoms with van der Waals surface area (Å²) in [5, 5.41) is 3.02. The fraction of sp³-hybridized carbons (Fsp3) is 0.421. The Kier molecular flexibility index (Phi) is 6.62. The van der Waals surface area contributed by atoms with Crippen molar-refractivity contribution in [3.63, 3.8) is 0 Å². The molecule has 1 aliphatic rings. The first-order valence-electron chi connectivity index (χ1n) is 9.31. The number of pyridine rings is 1. The van der Waals surface area contributed by atoms with Crippen molar-refractivity contribution in [2.75, 3.05) is 37.0 Å². The molecule has 1 amide bonds. The monoisotopic (exact) mass is 452 g/mol. The number of anilines is 2. The van der Waals surface area contributed by atoms with Crippen LogP contribution in [0.4, 0.5) is 16.4 Å². The highest BCUT2D eigenvalue weighted by atomic mass is 35.5. The zero-order chi connectivity index (χ0) is 21.9. The van der Waals surface area contributed by atoms with Crippen LogP contribution in [0.1, 0.15) is 35.8 Å². The number of nitrogens with two attached hydrogens (primary N) is 1. The summed E-state index contributed by atoms with van der Waals surface area (Å²) in [5.74, 6) is 0.531. The van der Waals surface area contributed by atoms with Crippen LogP contribution in [0.3, 0.4) is 0 Å². The molecule has 160 valence electrons. The normalized spacial score (nSPS) is 15.5. The molecule has 0 aliphatic carbocycles. The Balaban J connectivity index is 1.74. The second kappa shape index (κ2) is 9.01. The maximum Gasteiger partial charge on any atom is 0.404 e. The number of carbonyl (C=O) groups excluding carboxylic acids is 2. The van der Waals surface area contributed by atoms with Crippen molar-refractivity contribution in [1.82, 2.24) is 15.0 Å². The van der Waals surface area contributed by atoms with E-state index < -0.39 is 11.9 Å². The third-order valence-electron chi connectivity index (χ3n) is 5.16. The summed E-state index contributed by atoms with van der Waals surface area (Å²) in [6.45, 7) is 3.68. The summed E-state index contributed by atoms with van der Waals surface area (Å²) < 4.78 is 4.97. The molecule has 1 saturated heterocycles. The van der Waals surface area contributed by atoms with Crippen molar-refractivity contribution in [3.05, 3.63) is 39.9 Å². The summed E-state index contributed by atoms with van der Waals surface area (Å²) in [6, 6.07) is 1.51. The summed E-state index contributed by atoms with van der Waals surface area (Å²) in [6.07, 6.45) is 3.79. The molecule has 2 aromatic heterocycles. The number of primary amides is 1. The number of hydrogen-bond acceptors (Lipinski definition) is 8. The van der Waals surface area contributed by atoms with E-state index in [-0.39, 0.29) is 33.5 Å². The quantitative estimate of drug-likeness (QED) is 0.640. The first-order chi connectivity index (χ1) is 14.2. The summed E-state index contributed by atoms with van der Waals surface area (Å²) in [7, 11) is 1.66. The fourth-order valence-corrected chi connectivity index (χ4v) is 3.76. The lowest BCUT2D eigenvalue weighted by Gasteiger charge is -2.39. The largest absolute Gasteiger partial charge is 0.449 e. The molecule has 0 aromatic carbocycles. The topological polar surface area (TPSA) is 123 Å². The van der Waals surface area contributed by atoms with Gasteiger partial charge in [-0.05, 0) is 18.9 Å². The Morgan fingerprint density at radius 2 is 2.00 bits per heavy atom. The third kappa shape index (κ3) is 4.73. The van der Waals surface area contributed by atoms with Crippen molar-refractivity contribution in [2.45, 2.75) is 19.8 Å². The van der Waals surface area contributed by atoms with E-state index >= 15 is 0 Å². The molecule has 30 heavy (non-hydrogen) atoms. The van der Waals surface area contributed by atoms with Crippen molar-refractivity contribution < 1.29 is 14.3 Å². The fourth-order valence-electron chi connectivity index (χ4n) is 3.25. The molecule has 0 bridgehead atoms. The number of nitrogens with zero attached hydrogens (tertiary/aromatic N) is 4. The van der Waals surface area contributed by atoms with Gasteiger partial charge < -0.3 is 20.7 Å². The molecule has 1 aliphatic heterocycles. The van der Waals surface area contributed by atoms with Crippen molar-refractivity contribution in [1.29, 1.82) is 0 Å². The van der Waals surface area contributed by atoms with Gasteiger partial charge in [-0.1, -0.05) is 30.1 Å². The van der Waals surface area contributed by atoms with Gasteiger partial charge in [0.05, 0.1) is 17.8 Å². The van der Waals surface area contributed by atoms with Crippen LogP contribution in [0.2, 0.25) is 10.2 Å². The molecule has 2 aromatic rings. The third-order valence-corrected chi connectivity index (χ3v) is 5.81. The Morgan fingerprint density at radius 3 is 2.60 bits per heavy atom. The van der Waals surface area contributed by atoms with Crippen LogP contribution in [-0.4, -0.2) is 53.6 Å². The number of halogens is 2. The van der Waals surface area contributed by atoms with E-state index in [1.165, 1.54) is 18.5 Å². The number of hydrogen-bond donors (Lipinski definition) is 2. The Hall–Kier alpha value is -2.65. The highest BCUT2D eigenvalue weighted by Crippen LogP contribution is 2.33. The van der Waals surface area contributed by atoms with E-state index in [0.717, 1.165) is 12.8 Å². The highest BCUT2D eigenvalue weighted by molar-refractivity contribution is 6.38. The molecule has 0 atom stereocenters. The van der Waals surface area contributed by atoms with E-state index in [9.17, 15) is 9.59 Å². The lowest BCUT2D eigenvalue weighted by Crippen LogP contribution is -2.42. The van der Waals surface area contributed by atoms with Crippen molar-refractivity contribution in [2.24, 2.45) is 11.1 Å². The smallest absolute Gasteiger partial charge is 0.404 e. The van der Waals surface area contributed by atoms with E-state index in [0.29, 0.717) is 24.7 Å². The first kappa shape index (κ1) is 22.0. The maximum atomic E-state index is 12.9. The summed E-state index contributed by atoms with van der Waals surface area (Å²) >= 11 is 12.5. The maximum absolute atomic E-state index is 12.9. The van der Waals surface area contributed by atoms with Gasteiger partial charge in [-0.3, -0.25) is 4.79 Å². The van der Waals surface area contributed by atoms with Gasteiger partial charge in [0, 0.05) is 37.3 Å². The molecule has 0 spiro atoms. The van der Waals surface area contributed by atoms with Gasteiger partial charge in [0.2, 0.25) is 5.78 Å². The first-order valence-corrected chi connectivity index (χ1v) is 10.1. The van der Waals surface area contributed by atoms with Gasteiger partial charge in [0.25, 0.3) is 0 Å². The molecule has 9 nitrogen and oxygen atoms in total. The van der Waals surface area contributed by atoms with Gasteiger partial charge >= 0.3 is 6.09 Å². The Morgan fingerprint density at radius 1 is 1.30 bits per heavy atom. The van der Waals surface area contributed by atoms with E-state index in [1.807, 2.05) is 11.8 Å². The lowest BCUT2D eigenvalue weighted by molar-refractivity contribution is 0.0818. The highest BCUT2D eigenvalue weighted by Gasteiger charge is 2.32. The van der Waals surface area contributed by atoms with Gasteiger partial charge in [0.1, 0.15) is 17.3 Å². The van der Waals surface area contributed by atoms with Crippen LogP contribution in [0.15, 0.2) is 18.5 Å². The minimum Gasteiger partial charge on any atom is -0.449 e. The van der Waals surface area contributed by atoms with Crippen molar-refractivity contribution >= 4 is 46.7 Å². The van der Waals surface area contributed by atoms with Crippen LogP contribution in [0, 0.1) is 5.41 Å². The number of rotatable bonds is 6. The SMILES string of the molecule is CNc1nccc(C(=O)c2ncc(N3CCC(C)(COC(N)=O)CC3)nc2Cl)c1Cl. The molecule has 0 unspecified atom stereocenters. The predicted molar refractivity (Wildman–Crippen MR) is 114 cm³/mol. The van der Waals surface area contributed by atoms with Crippen LogP contribution >= 0.6 is 23.2 Å². The molecule has 11 heteroatoms. The standard InChI is InChI=1S/C19H22Cl2N6O3/c1-19(10-30-18(22)29)4-7-27(8-5-19)12-9-25-14(16(21)26-12)15(28)11-3-6-24-17(23-2)13(11)20/h3,6,9H,4-5,7-8,10H2,1-2H3,(H2,22,29)(H,23,24). The van der Waals surface area contributed by atoms with Gasteiger partial charge in [-0.15, -0.1) is 0 Å². The zero-order valence-corrected chi connectivity index (χ0v) is 18.1. The number of carbonyl (C=O) groups is 2. The Labute approximate surface area is 183 Å². The summed E-state index contributed by atoms with van der Waals surface area (Å²) in [5.41, 5.74) is 5.17. The van der Waals surface area contributed by atoms with Crippen molar-refractivity contribution in [3.8, 4) is 0 Å². The van der Waals surface area contributed by atoms with E-state index in [1.54, 1.807) is 7.05 Å². The van der Waals surface area contributed by atoms with Gasteiger partial charge in [-0.2, -0.15) is 0 Å². The average Bonchev–Trinajstić information content (AvgIpc) is 2.72. The number of ketones is 1. The van der Waals surface area contributed by atoms with Crippen LogP contribution in [0.25, 0.3) is 0 Å². The Bertz CT molecular complexity index is 963. The number of amides is 1. The summed E-state index contributed by atoms with van der Waals surface area (Å²) in [4.78, 5) is 38.4. The molecule has 0 radical (unpaired) electrons. The van der Waals surface area contributed by atoms with Crippen LogP contribution in [-0.2, 0) is 4.74 Å². The minimum absolute atomic E-state index is 0.00165. The number of piperidine rings is 1. The second-order valence-electron chi connectivity index (χ2n) is 7.37. The van der Waals surface area contributed by atoms with Gasteiger partial charge in [-0.25, -0.2) is 19.7 Å². The van der Waals surface area contributed by atoms with E-state index in [4.69, 9.17) is 33.7 Å². The lowest BCUT2D eigenvalue weighted by atomic mass is 9.81. The minimum atomic E-state index is -0.771. The van der Waals surface area contributed by atoms with Crippen LogP contribution < -0.4 is 16.0 Å². The molecule has 3 N–H and O–H groups in total. The van der Waals surface area contributed by atoms with E-state index in [2.05, 4.69) is 20.3 Å². The number of ether oxygens (including phenoxy) is 1.